The first-order valence-corrected chi connectivity index (χ1v) is 11.2. The number of amides is 2. The van der Waals surface area contributed by atoms with Crippen molar-refractivity contribution >= 4 is 46.7 Å². The Bertz CT molecular complexity index is 1300. The van der Waals surface area contributed by atoms with E-state index in [4.69, 9.17) is 33.2 Å². The van der Waals surface area contributed by atoms with Gasteiger partial charge in [-0.15, -0.1) is 0 Å². The van der Waals surface area contributed by atoms with E-state index >= 15 is 0 Å². The van der Waals surface area contributed by atoms with Crippen LogP contribution < -0.4 is 10.6 Å². The Hall–Kier alpha value is -3.86. The lowest BCUT2D eigenvalue weighted by Gasteiger charge is -2.18. The van der Waals surface area contributed by atoms with Gasteiger partial charge in [-0.2, -0.15) is 5.26 Å². The second-order valence-corrected chi connectivity index (χ2v) is 8.46. The fraction of sp³-hybridized carbons (Fsp3) is 0.154. The lowest BCUT2D eigenvalue weighted by atomic mass is 10.0. The number of benzene rings is 3. The van der Waals surface area contributed by atoms with Crippen molar-refractivity contribution in [2.45, 2.75) is 19.4 Å². The van der Waals surface area contributed by atoms with Gasteiger partial charge in [0.25, 0.3) is 11.8 Å². The topological polar surface area (TPSA) is 108 Å². The van der Waals surface area contributed by atoms with E-state index in [0.717, 1.165) is 5.56 Å². The normalized spacial score (nSPS) is 11.2. The molecular weight excluding hydrogens is 489 g/mol. The van der Waals surface area contributed by atoms with Gasteiger partial charge in [-0.25, -0.2) is 4.79 Å². The number of methoxy groups -OCH3 is 1. The van der Waals surface area contributed by atoms with Crippen LogP contribution in [0.1, 0.15) is 37.4 Å². The quantitative estimate of drug-likeness (QED) is 0.438. The van der Waals surface area contributed by atoms with Gasteiger partial charge < -0.3 is 15.4 Å². The molecule has 2 amide bonds. The predicted molar refractivity (Wildman–Crippen MR) is 134 cm³/mol. The molecule has 0 fully saturated rings. The average Bonchev–Trinajstić information content (AvgIpc) is 2.84. The number of esters is 1. The molecule has 9 heteroatoms. The van der Waals surface area contributed by atoms with Crippen molar-refractivity contribution in [2.75, 3.05) is 12.4 Å². The fourth-order valence-corrected chi connectivity index (χ4v) is 3.92. The number of rotatable bonds is 7. The summed E-state index contributed by atoms with van der Waals surface area (Å²) in [5.41, 5.74) is 2.68. The second kappa shape index (κ2) is 11.5. The van der Waals surface area contributed by atoms with Crippen molar-refractivity contribution in [3.63, 3.8) is 0 Å². The van der Waals surface area contributed by atoms with E-state index in [1.807, 2.05) is 6.07 Å². The first kappa shape index (κ1) is 25.8. The summed E-state index contributed by atoms with van der Waals surface area (Å²) in [6, 6.07) is 17.3. The Morgan fingerprint density at radius 3 is 2.34 bits per heavy atom. The molecule has 0 aromatic heterocycles. The zero-order valence-corrected chi connectivity index (χ0v) is 20.4. The summed E-state index contributed by atoms with van der Waals surface area (Å²) in [4.78, 5) is 37.7. The average molecular weight is 510 g/mol. The van der Waals surface area contributed by atoms with Crippen LogP contribution in [0.25, 0.3) is 0 Å². The summed E-state index contributed by atoms with van der Waals surface area (Å²) in [6.07, 6.45) is 0.159. The highest BCUT2D eigenvalue weighted by molar-refractivity contribution is 6.34. The molecule has 0 unspecified atom stereocenters. The maximum atomic E-state index is 12.8. The Labute approximate surface area is 212 Å². The summed E-state index contributed by atoms with van der Waals surface area (Å²) in [6.45, 7) is 1.75. The largest absolute Gasteiger partial charge is 0.467 e. The third-order valence-corrected chi connectivity index (χ3v) is 5.88. The SMILES string of the molecule is COC(=O)[C@H](Cc1ccc(NC(=O)c2cc(C#N)ccc2Cl)cc1)NC(=O)c1c(C)cccc1Cl. The fourth-order valence-electron chi connectivity index (χ4n) is 3.41. The van der Waals surface area contributed by atoms with Crippen LogP contribution in [0.5, 0.6) is 0 Å². The van der Waals surface area contributed by atoms with E-state index in [9.17, 15) is 14.4 Å². The maximum Gasteiger partial charge on any atom is 0.328 e. The number of nitriles is 1. The molecule has 35 heavy (non-hydrogen) atoms. The van der Waals surface area contributed by atoms with Gasteiger partial charge in [0.15, 0.2) is 0 Å². The van der Waals surface area contributed by atoms with Gasteiger partial charge in [-0.05, 0) is 54.4 Å². The number of nitrogens with zero attached hydrogens (tertiary/aromatic N) is 1. The molecule has 0 heterocycles. The van der Waals surface area contributed by atoms with Crippen LogP contribution in [-0.4, -0.2) is 30.9 Å². The molecule has 3 aromatic rings. The van der Waals surface area contributed by atoms with Crippen LogP contribution in [-0.2, 0) is 16.0 Å². The van der Waals surface area contributed by atoms with Crippen molar-refractivity contribution in [1.29, 1.82) is 5.26 Å². The summed E-state index contributed by atoms with van der Waals surface area (Å²) in [5, 5.41) is 15.0. The van der Waals surface area contributed by atoms with Crippen LogP contribution in [0.15, 0.2) is 60.7 Å². The number of hydrogen-bond donors (Lipinski definition) is 2. The Morgan fingerprint density at radius 2 is 1.71 bits per heavy atom. The molecule has 0 saturated heterocycles. The summed E-state index contributed by atoms with van der Waals surface area (Å²) >= 11 is 12.3. The number of hydrogen-bond acceptors (Lipinski definition) is 5. The van der Waals surface area contributed by atoms with Crippen molar-refractivity contribution < 1.29 is 19.1 Å². The lowest BCUT2D eigenvalue weighted by Crippen LogP contribution is -2.43. The molecule has 0 aliphatic carbocycles. The van der Waals surface area contributed by atoms with E-state index in [2.05, 4.69) is 10.6 Å². The Morgan fingerprint density at radius 1 is 1.00 bits per heavy atom. The molecule has 3 aromatic carbocycles. The van der Waals surface area contributed by atoms with Gasteiger partial charge in [0.2, 0.25) is 0 Å². The number of halogens is 2. The third-order valence-electron chi connectivity index (χ3n) is 5.23. The van der Waals surface area contributed by atoms with E-state index in [1.54, 1.807) is 49.4 Å². The first-order valence-electron chi connectivity index (χ1n) is 10.5. The molecule has 0 bridgehead atoms. The smallest absolute Gasteiger partial charge is 0.328 e. The molecule has 7 nitrogen and oxygen atoms in total. The zero-order chi connectivity index (χ0) is 25.5. The predicted octanol–water partition coefficient (Wildman–Crippen LogP) is 4.94. The van der Waals surface area contributed by atoms with E-state index in [-0.39, 0.29) is 22.0 Å². The standard InChI is InChI=1S/C26H21Cl2N3O4/c1-15-4-3-5-21(28)23(15)25(33)31-22(26(34)35-2)13-16-6-9-18(10-7-16)30-24(32)19-12-17(14-29)8-11-20(19)27/h3-12,22H,13H2,1-2H3,(H,30,32)(H,31,33)/t22-/m0/s1. The van der Waals surface area contributed by atoms with E-state index in [0.29, 0.717) is 22.4 Å². The van der Waals surface area contributed by atoms with Crippen LogP contribution in [0.2, 0.25) is 10.0 Å². The summed E-state index contributed by atoms with van der Waals surface area (Å²) in [7, 11) is 1.24. The molecule has 178 valence electrons. The Kier molecular flexibility index (Phi) is 8.48. The van der Waals surface area contributed by atoms with E-state index in [1.165, 1.54) is 25.3 Å². The molecule has 1 atom stereocenters. The molecule has 0 aliphatic rings. The van der Waals surface area contributed by atoms with Crippen molar-refractivity contribution in [3.8, 4) is 6.07 Å². The first-order chi connectivity index (χ1) is 16.7. The van der Waals surface area contributed by atoms with E-state index < -0.39 is 23.8 Å². The number of ether oxygens (including phenoxy) is 1. The monoisotopic (exact) mass is 509 g/mol. The van der Waals surface area contributed by atoms with Crippen LogP contribution >= 0.6 is 23.2 Å². The van der Waals surface area contributed by atoms with Gasteiger partial charge in [-0.1, -0.05) is 47.5 Å². The molecular formula is C26H21Cl2N3O4. The highest BCUT2D eigenvalue weighted by atomic mass is 35.5. The molecule has 0 saturated carbocycles. The zero-order valence-electron chi connectivity index (χ0n) is 18.9. The van der Waals surface area contributed by atoms with Crippen molar-refractivity contribution in [1.82, 2.24) is 5.32 Å². The van der Waals surface area contributed by atoms with Crippen molar-refractivity contribution in [3.05, 3.63) is 98.5 Å². The minimum atomic E-state index is -0.948. The van der Waals surface area contributed by atoms with Gasteiger partial charge in [0, 0.05) is 12.1 Å². The summed E-state index contributed by atoms with van der Waals surface area (Å²) < 4.78 is 4.86. The third kappa shape index (κ3) is 6.38. The maximum absolute atomic E-state index is 12.8. The van der Waals surface area contributed by atoms with Gasteiger partial charge in [0.1, 0.15) is 6.04 Å². The van der Waals surface area contributed by atoms with Gasteiger partial charge >= 0.3 is 5.97 Å². The number of carbonyl (C=O) groups is 3. The van der Waals surface area contributed by atoms with Crippen LogP contribution in [0.4, 0.5) is 5.69 Å². The molecule has 0 aliphatic heterocycles. The summed E-state index contributed by atoms with van der Waals surface area (Å²) in [5.74, 6) is -1.55. The number of carbonyl (C=O) groups excluding carboxylic acids is 3. The number of anilines is 1. The molecule has 0 radical (unpaired) electrons. The van der Waals surface area contributed by atoms with Gasteiger partial charge in [0.05, 0.1) is 39.9 Å². The number of aryl methyl sites for hydroxylation is 1. The Balaban J connectivity index is 1.72. The minimum absolute atomic E-state index is 0.159. The second-order valence-electron chi connectivity index (χ2n) is 7.64. The molecule has 0 spiro atoms. The lowest BCUT2D eigenvalue weighted by molar-refractivity contribution is -0.142. The van der Waals surface area contributed by atoms with Crippen LogP contribution in [0.3, 0.4) is 0 Å². The molecule has 3 rings (SSSR count). The highest BCUT2D eigenvalue weighted by Crippen LogP contribution is 2.21. The highest BCUT2D eigenvalue weighted by Gasteiger charge is 2.24. The number of nitrogens with one attached hydrogen (secondary N) is 2. The van der Waals surface area contributed by atoms with Gasteiger partial charge in [-0.3, -0.25) is 9.59 Å². The van der Waals surface area contributed by atoms with Crippen molar-refractivity contribution in [2.24, 2.45) is 0 Å². The van der Waals surface area contributed by atoms with Crippen LogP contribution in [0, 0.1) is 18.3 Å². The minimum Gasteiger partial charge on any atom is -0.467 e. The molecule has 2 N–H and O–H groups in total.